The van der Waals surface area contributed by atoms with Crippen molar-refractivity contribution in [2.24, 2.45) is 5.92 Å². The van der Waals surface area contributed by atoms with Gasteiger partial charge in [-0.15, -0.1) is 0 Å². The first-order chi connectivity index (χ1) is 9.93. The summed E-state index contributed by atoms with van der Waals surface area (Å²) in [4.78, 5) is 34.5. The van der Waals surface area contributed by atoms with Crippen molar-refractivity contribution in [2.45, 2.75) is 20.3 Å². The number of Topliss-reactive ketones (excluding diaryl/α,β-unsaturated/α-hetero) is 1. The lowest BCUT2D eigenvalue weighted by molar-refractivity contribution is -0.134. The van der Waals surface area contributed by atoms with E-state index in [0.29, 0.717) is 23.5 Å². The number of methoxy groups -OCH3 is 1. The van der Waals surface area contributed by atoms with Crippen molar-refractivity contribution in [2.75, 3.05) is 7.11 Å². The number of nitrogens with one attached hydrogen (secondary N) is 1. The average Bonchev–Trinajstić information content (AvgIpc) is 2.46. The summed E-state index contributed by atoms with van der Waals surface area (Å²) in [5.41, 5.74) is 0.996. The molecule has 0 aromatic heterocycles. The molecule has 0 bridgehead atoms. The molecule has 5 nitrogen and oxygen atoms in total. The van der Waals surface area contributed by atoms with Gasteiger partial charge in [0.15, 0.2) is 5.78 Å². The quantitative estimate of drug-likeness (QED) is 0.495. The van der Waals surface area contributed by atoms with Crippen LogP contribution in [0.25, 0.3) is 0 Å². The number of ether oxygens (including phenoxy) is 1. The molecule has 0 atom stereocenters. The molecule has 112 valence electrons. The van der Waals surface area contributed by atoms with E-state index in [1.165, 1.54) is 13.3 Å². The SMILES string of the molecule is COC(=O)/C=C/NC(=O)c1ccc(C(=O)CC(C)C)cc1. The molecule has 0 spiro atoms. The maximum absolute atomic E-state index is 11.9. The van der Waals surface area contributed by atoms with Gasteiger partial charge in [-0.3, -0.25) is 9.59 Å². The van der Waals surface area contributed by atoms with Gasteiger partial charge in [-0.2, -0.15) is 0 Å². The lowest BCUT2D eigenvalue weighted by Crippen LogP contribution is -2.17. The largest absolute Gasteiger partial charge is 0.466 e. The predicted molar refractivity (Wildman–Crippen MR) is 78.8 cm³/mol. The zero-order valence-corrected chi connectivity index (χ0v) is 12.4. The minimum atomic E-state index is -0.551. The molecular formula is C16H19NO4. The van der Waals surface area contributed by atoms with Crippen molar-refractivity contribution >= 4 is 17.7 Å². The minimum absolute atomic E-state index is 0.0579. The fraction of sp³-hybridized carbons (Fsp3) is 0.312. The highest BCUT2D eigenvalue weighted by Gasteiger charge is 2.09. The molecule has 0 heterocycles. The maximum Gasteiger partial charge on any atom is 0.331 e. The van der Waals surface area contributed by atoms with E-state index in [1.54, 1.807) is 24.3 Å². The van der Waals surface area contributed by atoms with Crippen LogP contribution < -0.4 is 5.32 Å². The lowest BCUT2D eigenvalue weighted by atomic mass is 10.0. The van der Waals surface area contributed by atoms with Crippen LogP contribution in [0.15, 0.2) is 36.5 Å². The molecule has 0 radical (unpaired) electrons. The molecule has 0 aliphatic heterocycles. The van der Waals surface area contributed by atoms with Crippen molar-refractivity contribution in [3.05, 3.63) is 47.7 Å². The Kier molecular flexibility index (Phi) is 6.33. The standard InChI is InChI=1S/C16H19NO4/c1-11(2)10-14(18)12-4-6-13(7-5-12)16(20)17-9-8-15(19)21-3/h4-9,11H,10H2,1-3H3,(H,17,20)/b9-8+. The lowest BCUT2D eigenvalue weighted by Gasteiger charge is -2.05. The zero-order valence-electron chi connectivity index (χ0n) is 12.4. The third-order valence-corrected chi connectivity index (χ3v) is 2.70. The molecule has 1 rings (SSSR count). The Labute approximate surface area is 124 Å². The number of benzene rings is 1. The summed E-state index contributed by atoms with van der Waals surface area (Å²) in [6.07, 6.45) is 2.80. The number of hydrogen-bond donors (Lipinski definition) is 1. The van der Waals surface area contributed by atoms with Gasteiger partial charge in [-0.25, -0.2) is 4.79 Å². The summed E-state index contributed by atoms with van der Waals surface area (Å²) < 4.78 is 4.40. The van der Waals surface area contributed by atoms with Crippen molar-refractivity contribution in [1.29, 1.82) is 0 Å². The maximum atomic E-state index is 11.9. The first kappa shape index (κ1) is 16.6. The van der Waals surface area contributed by atoms with E-state index in [1.807, 2.05) is 13.8 Å². The summed E-state index contributed by atoms with van der Waals surface area (Å²) >= 11 is 0. The molecule has 1 N–H and O–H groups in total. The molecule has 21 heavy (non-hydrogen) atoms. The second-order valence-electron chi connectivity index (χ2n) is 4.93. The highest BCUT2D eigenvalue weighted by Crippen LogP contribution is 2.11. The Hall–Kier alpha value is -2.43. The van der Waals surface area contributed by atoms with Gasteiger partial charge in [0.1, 0.15) is 0 Å². The Morgan fingerprint density at radius 1 is 1.14 bits per heavy atom. The number of esters is 1. The van der Waals surface area contributed by atoms with Crippen LogP contribution in [0.3, 0.4) is 0 Å². The first-order valence-electron chi connectivity index (χ1n) is 6.62. The summed E-state index contributed by atoms with van der Waals surface area (Å²) in [7, 11) is 1.25. The van der Waals surface area contributed by atoms with Crippen LogP contribution in [0, 0.1) is 5.92 Å². The monoisotopic (exact) mass is 289 g/mol. The molecule has 0 unspecified atom stereocenters. The van der Waals surface area contributed by atoms with Crippen LogP contribution in [0.4, 0.5) is 0 Å². The topological polar surface area (TPSA) is 72.5 Å². The Morgan fingerprint density at radius 2 is 1.71 bits per heavy atom. The average molecular weight is 289 g/mol. The van der Waals surface area contributed by atoms with Gasteiger partial charge in [0, 0.05) is 29.8 Å². The van der Waals surface area contributed by atoms with Crippen LogP contribution in [0.1, 0.15) is 41.0 Å². The number of amides is 1. The molecule has 0 aliphatic rings. The van der Waals surface area contributed by atoms with Crippen LogP contribution in [-0.2, 0) is 9.53 Å². The first-order valence-corrected chi connectivity index (χ1v) is 6.62. The van der Waals surface area contributed by atoms with Gasteiger partial charge < -0.3 is 10.1 Å². The van der Waals surface area contributed by atoms with Gasteiger partial charge in [0.05, 0.1) is 7.11 Å². The second kappa shape index (κ2) is 7.99. The summed E-state index contributed by atoms with van der Waals surface area (Å²) in [5, 5.41) is 2.44. The highest BCUT2D eigenvalue weighted by molar-refractivity contribution is 5.99. The van der Waals surface area contributed by atoms with Crippen molar-refractivity contribution in [1.82, 2.24) is 5.32 Å². The Balaban J connectivity index is 2.65. The predicted octanol–water partition coefficient (Wildman–Crippen LogP) is 2.33. The molecule has 1 amide bonds. The van der Waals surface area contributed by atoms with Gasteiger partial charge in [-0.05, 0) is 18.1 Å². The van der Waals surface area contributed by atoms with E-state index in [4.69, 9.17) is 0 Å². The number of rotatable bonds is 6. The van der Waals surface area contributed by atoms with Crippen LogP contribution in [-0.4, -0.2) is 24.8 Å². The van der Waals surface area contributed by atoms with Gasteiger partial charge in [-0.1, -0.05) is 26.0 Å². The third-order valence-electron chi connectivity index (χ3n) is 2.70. The molecule has 0 saturated carbocycles. The number of hydrogen-bond acceptors (Lipinski definition) is 4. The van der Waals surface area contributed by atoms with Gasteiger partial charge >= 0.3 is 5.97 Å². The zero-order chi connectivity index (χ0) is 15.8. The summed E-state index contributed by atoms with van der Waals surface area (Å²) in [6.45, 7) is 3.96. The smallest absolute Gasteiger partial charge is 0.331 e. The Morgan fingerprint density at radius 3 is 2.24 bits per heavy atom. The highest BCUT2D eigenvalue weighted by atomic mass is 16.5. The number of carbonyl (C=O) groups excluding carboxylic acids is 3. The summed E-state index contributed by atoms with van der Waals surface area (Å²) in [5.74, 6) is -0.561. The fourth-order valence-electron chi connectivity index (χ4n) is 1.63. The Bertz CT molecular complexity index is 544. The van der Waals surface area contributed by atoms with E-state index in [0.717, 1.165) is 6.08 Å². The van der Waals surface area contributed by atoms with Crippen molar-refractivity contribution in [3.63, 3.8) is 0 Å². The van der Waals surface area contributed by atoms with E-state index in [9.17, 15) is 14.4 Å². The number of ketones is 1. The van der Waals surface area contributed by atoms with E-state index in [2.05, 4.69) is 10.1 Å². The molecule has 1 aromatic rings. The van der Waals surface area contributed by atoms with Crippen molar-refractivity contribution in [3.8, 4) is 0 Å². The van der Waals surface area contributed by atoms with E-state index >= 15 is 0 Å². The van der Waals surface area contributed by atoms with Crippen molar-refractivity contribution < 1.29 is 19.1 Å². The minimum Gasteiger partial charge on any atom is -0.466 e. The molecule has 1 aromatic carbocycles. The van der Waals surface area contributed by atoms with Crippen LogP contribution in [0.5, 0.6) is 0 Å². The fourth-order valence-corrected chi connectivity index (χ4v) is 1.63. The third kappa shape index (κ3) is 5.60. The molecular weight excluding hydrogens is 270 g/mol. The van der Waals surface area contributed by atoms with Crippen LogP contribution in [0.2, 0.25) is 0 Å². The summed E-state index contributed by atoms with van der Waals surface area (Å²) in [6, 6.07) is 6.41. The van der Waals surface area contributed by atoms with Gasteiger partial charge in [0.2, 0.25) is 0 Å². The van der Waals surface area contributed by atoms with E-state index < -0.39 is 5.97 Å². The number of carbonyl (C=O) groups is 3. The van der Waals surface area contributed by atoms with E-state index in [-0.39, 0.29) is 11.7 Å². The van der Waals surface area contributed by atoms with Gasteiger partial charge in [0.25, 0.3) is 5.91 Å². The molecule has 0 fully saturated rings. The molecule has 0 saturated heterocycles. The van der Waals surface area contributed by atoms with Crippen LogP contribution >= 0.6 is 0 Å². The second-order valence-corrected chi connectivity index (χ2v) is 4.93. The molecule has 5 heteroatoms. The normalized spacial score (nSPS) is 10.7. The molecule has 0 aliphatic carbocycles.